The maximum absolute atomic E-state index is 12.4. The maximum atomic E-state index is 12.4. The molecule has 0 saturated carbocycles. The van der Waals surface area contributed by atoms with Gasteiger partial charge in [0, 0.05) is 5.54 Å². The molecule has 24 heavy (non-hydrogen) atoms. The molecule has 5 nitrogen and oxygen atoms in total. The highest BCUT2D eigenvalue weighted by Gasteiger charge is 2.20. The van der Waals surface area contributed by atoms with Crippen LogP contribution in [0.3, 0.4) is 0 Å². The van der Waals surface area contributed by atoms with E-state index in [1.807, 2.05) is 20.8 Å². The minimum Gasteiger partial charge on any atom is -0.347 e. The number of hydrogen-bond donors (Lipinski definition) is 2. The van der Waals surface area contributed by atoms with Crippen molar-refractivity contribution in [2.24, 2.45) is 0 Å². The van der Waals surface area contributed by atoms with E-state index in [0.717, 1.165) is 0 Å². The molecule has 7 heteroatoms. The molecule has 0 radical (unpaired) electrons. The topological polar surface area (TPSA) is 71.1 Å². The zero-order valence-electron chi connectivity index (χ0n) is 13.5. The summed E-state index contributed by atoms with van der Waals surface area (Å²) in [5.41, 5.74) is 0.308. The molecule has 1 heterocycles. The van der Waals surface area contributed by atoms with Gasteiger partial charge in [-0.15, -0.1) is 0 Å². The van der Waals surface area contributed by atoms with Crippen LogP contribution in [0.1, 0.15) is 41.6 Å². The fourth-order valence-electron chi connectivity index (χ4n) is 1.96. The van der Waals surface area contributed by atoms with Gasteiger partial charge in [0.1, 0.15) is 10.8 Å². The third-order valence-corrected chi connectivity index (χ3v) is 3.45. The summed E-state index contributed by atoms with van der Waals surface area (Å²) in [5, 5.41) is 5.84. The molecule has 0 aliphatic carbocycles. The average molecular weight is 366 g/mol. The van der Waals surface area contributed by atoms with Crippen LogP contribution in [0.4, 0.5) is 5.69 Å². The monoisotopic (exact) mass is 365 g/mol. The second-order valence-electron chi connectivity index (χ2n) is 6.17. The van der Waals surface area contributed by atoms with Crippen molar-refractivity contribution in [2.75, 3.05) is 5.32 Å². The molecule has 0 unspecified atom stereocenters. The standard InChI is InChI=1S/C17H17Cl2N3O2/c1-17(2,3)22-15(23)10-6-4-5-7-12(10)20-16(24)14-11(18)8-9-13(19)21-14/h4-9H,1-3H3,(H,20,24)(H,22,23). The van der Waals surface area contributed by atoms with Crippen molar-refractivity contribution in [3.8, 4) is 0 Å². The van der Waals surface area contributed by atoms with E-state index in [4.69, 9.17) is 23.2 Å². The summed E-state index contributed by atoms with van der Waals surface area (Å²) < 4.78 is 0. The zero-order chi connectivity index (χ0) is 17.9. The number of hydrogen-bond acceptors (Lipinski definition) is 3. The van der Waals surface area contributed by atoms with Gasteiger partial charge in [0.15, 0.2) is 0 Å². The van der Waals surface area contributed by atoms with Gasteiger partial charge in [-0.25, -0.2) is 4.98 Å². The van der Waals surface area contributed by atoms with Crippen LogP contribution < -0.4 is 10.6 Å². The Kier molecular flexibility index (Phi) is 5.47. The number of benzene rings is 1. The van der Waals surface area contributed by atoms with E-state index in [1.165, 1.54) is 12.1 Å². The summed E-state index contributed by atoms with van der Waals surface area (Å²) in [6.07, 6.45) is 0. The van der Waals surface area contributed by atoms with E-state index < -0.39 is 11.4 Å². The number of pyridine rings is 1. The number of carbonyl (C=O) groups excluding carboxylic acids is 2. The Labute approximate surface area is 150 Å². The molecule has 0 spiro atoms. The van der Waals surface area contributed by atoms with Gasteiger partial charge in [-0.1, -0.05) is 35.3 Å². The van der Waals surface area contributed by atoms with Crippen LogP contribution in [-0.4, -0.2) is 22.3 Å². The molecule has 2 N–H and O–H groups in total. The van der Waals surface area contributed by atoms with Crippen LogP contribution in [-0.2, 0) is 0 Å². The van der Waals surface area contributed by atoms with E-state index in [2.05, 4.69) is 15.6 Å². The number of carbonyl (C=O) groups is 2. The largest absolute Gasteiger partial charge is 0.347 e. The van der Waals surface area contributed by atoms with Crippen LogP contribution in [0.15, 0.2) is 36.4 Å². The predicted octanol–water partition coefficient (Wildman–Crippen LogP) is 4.17. The summed E-state index contributed by atoms with van der Waals surface area (Å²) in [5.74, 6) is -0.831. The molecular formula is C17H17Cl2N3O2. The van der Waals surface area contributed by atoms with Gasteiger partial charge in [0.25, 0.3) is 11.8 Å². The summed E-state index contributed by atoms with van der Waals surface area (Å²) in [6, 6.07) is 9.68. The van der Waals surface area contributed by atoms with E-state index in [-0.39, 0.29) is 21.8 Å². The fourth-order valence-corrected chi connectivity index (χ4v) is 2.30. The summed E-state index contributed by atoms with van der Waals surface area (Å²) in [6.45, 7) is 5.63. The number of anilines is 1. The molecule has 0 saturated heterocycles. The normalized spacial score (nSPS) is 11.0. The molecule has 2 aromatic rings. The Balaban J connectivity index is 2.29. The first-order chi connectivity index (χ1) is 11.2. The molecule has 0 aliphatic heterocycles. The van der Waals surface area contributed by atoms with Gasteiger partial charge in [0.05, 0.1) is 16.3 Å². The molecule has 0 fully saturated rings. The highest BCUT2D eigenvalue weighted by Crippen LogP contribution is 2.21. The lowest BCUT2D eigenvalue weighted by Gasteiger charge is -2.21. The smallest absolute Gasteiger partial charge is 0.275 e. The van der Waals surface area contributed by atoms with E-state index in [0.29, 0.717) is 11.3 Å². The second kappa shape index (κ2) is 7.20. The number of halogens is 2. The highest BCUT2D eigenvalue weighted by atomic mass is 35.5. The van der Waals surface area contributed by atoms with Crippen LogP contribution >= 0.6 is 23.2 Å². The molecule has 0 aliphatic rings. The lowest BCUT2D eigenvalue weighted by atomic mass is 10.1. The van der Waals surface area contributed by atoms with Crippen LogP contribution in [0.25, 0.3) is 0 Å². The quantitative estimate of drug-likeness (QED) is 0.801. The summed E-state index contributed by atoms with van der Waals surface area (Å²) >= 11 is 11.8. The van der Waals surface area contributed by atoms with Crippen molar-refractivity contribution in [3.05, 3.63) is 57.8 Å². The Hall–Kier alpha value is -2.11. The summed E-state index contributed by atoms with van der Waals surface area (Å²) in [7, 11) is 0. The third kappa shape index (κ3) is 4.69. The van der Waals surface area contributed by atoms with E-state index in [9.17, 15) is 9.59 Å². The molecule has 2 rings (SSSR count). The van der Waals surface area contributed by atoms with Crippen LogP contribution in [0.2, 0.25) is 10.2 Å². The second-order valence-corrected chi connectivity index (χ2v) is 6.96. The maximum Gasteiger partial charge on any atom is 0.275 e. The Morgan fingerprint density at radius 3 is 2.33 bits per heavy atom. The minimum absolute atomic E-state index is 0.00445. The van der Waals surface area contributed by atoms with Crippen molar-refractivity contribution in [3.63, 3.8) is 0 Å². The van der Waals surface area contributed by atoms with Crippen molar-refractivity contribution >= 4 is 40.7 Å². The Morgan fingerprint density at radius 1 is 1.00 bits per heavy atom. The number of aromatic nitrogens is 1. The number of para-hydroxylation sites is 1. The first-order valence-corrected chi connectivity index (χ1v) is 7.98. The van der Waals surface area contributed by atoms with Gasteiger partial charge in [-0.3, -0.25) is 9.59 Å². The number of nitrogens with zero attached hydrogens (tertiary/aromatic N) is 1. The molecule has 0 atom stereocenters. The van der Waals surface area contributed by atoms with Crippen molar-refractivity contribution in [1.82, 2.24) is 10.3 Å². The van der Waals surface area contributed by atoms with Crippen molar-refractivity contribution in [1.29, 1.82) is 0 Å². The predicted molar refractivity (Wildman–Crippen MR) is 95.9 cm³/mol. The molecule has 126 valence electrons. The first-order valence-electron chi connectivity index (χ1n) is 7.22. The molecule has 1 aromatic carbocycles. The van der Waals surface area contributed by atoms with Crippen molar-refractivity contribution in [2.45, 2.75) is 26.3 Å². The van der Waals surface area contributed by atoms with E-state index in [1.54, 1.807) is 24.3 Å². The van der Waals surface area contributed by atoms with Crippen LogP contribution in [0.5, 0.6) is 0 Å². The third-order valence-electron chi connectivity index (χ3n) is 2.94. The number of amides is 2. The van der Waals surface area contributed by atoms with Gasteiger partial charge < -0.3 is 10.6 Å². The zero-order valence-corrected chi connectivity index (χ0v) is 15.0. The van der Waals surface area contributed by atoms with Gasteiger partial charge in [-0.05, 0) is 45.0 Å². The van der Waals surface area contributed by atoms with Gasteiger partial charge in [-0.2, -0.15) is 0 Å². The van der Waals surface area contributed by atoms with Crippen LogP contribution in [0, 0.1) is 0 Å². The SMILES string of the molecule is CC(C)(C)NC(=O)c1ccccc1NC(=O)c1nc(Cl)ccc1Cl. The first kappa shape index (κ1) is 18.2. The Bertz CT molecular complexity index is 786. The Morgan fingerprint density at radius 2 is 1.67 bits per heavy atom. The number of rotatable bonds is 3. The lowest BCUT2D eigenvalue weighted by molar-refractivity contribution is 0.0920. The van der Waals surface area contributed by atoms with Gasteiger partial charge >= 0.3 is 0 Å². The van der Waals surface area contributed by atoms with Crippen molar-refractivity contribution < 1.29 is 9.59 Å². The number of nitrogens with one attached hydrogen (secondary N) is 2. The fraction of sp³-hybridized carbons (Fsp3) is 0.235. The molecule has 2 amide bonds. The minimum atomic E-state index is -0.543. The average Bonchev–Trinajstić information content (AvgIpc) is 2.48. The molecule has 1 aromatic heterocycles. The van der Waals surface area contributed by atoms with Gasteiger partial charge in [0.2, 0.25) is 0 Å². The summed E-state index contributed by atoms with van der Waals surface area (Å²) in [4.78, 5) is 28.7. The lowest BCUT2D eigenvalue weighted by Crippen LogP contribution is -2.40. The highest BCUT2D eigenvalue weighted by molar-refractivity contribution is 6.35. The molecule has 0 bridgehead atoms. The van der Waals surface area contributed by atoms with E-state index >= 15 is 0 Å². The molecular weight excluding hydrogens is 349 g/mol.